The molecule has 19 heavy (non-hydrogen) atoms. The highest BCUT2D eigenvalue weighted by Gasteiger charge is 2.15. The van der Waals surface area contributed by atoms with Gasteiger partial charge in [-0.05, 0) is 12.1 Å². The van der Waals surface area contributed by atoms with E-state index in [-0.39, 0.29) is 29.0 Å². The second-order valence-corrected chi connectivity index (χ2v) is 4.09. The Balaban J connectivity index is 2.22. The summed E-state index contributed by atoms with van der Waals surface area (Å²) in [5.74, 6) is -0.375. The van der Waals surface area contributed by atoms with E-state index >= 15 is 0 Å². The Labute approximate surface area is 113 Å². The van der Waals surface area contributed by atoms with Gasteiger partial charge in [0.25, 0.3) is 0 Å². The second kappa shape index (κ2) is 5.62. The van der Waals surface area contributed by atoms with Gasteiger partial charge in [0, 0.05) is 18.2 Å². The van der Waals surface area contributed by atoms with Crippen molar-refractivity contribution in [3.63, 3.8) is 0 Å². The summed E-state index contributed by atoms with van der Waals surface area (Å²) in [7, 11) is 0. The summed E-state index contributed by atoms with van der Waals surface area (Å²) in [6.45, 7) is 0.0842. The molecular formula is C12H9ClFN3O2. The van der Waals surface area contributed by atoms with E-state index in [2.05, 4.69) is 10.3 Å². The predicted octanol–water partition coefficient (Wildman–Crippen LogP) is 3.39. The number of aromatic nitrogens is 1. The van der Waals surface area contributed by atoms with Gasteiger partial charge in [-0.3, -0.25) is 10.1 Å². The molecule has 1 N–H and O–H groups in total. The zero-order chi connectivity index (χ0) is 13.8. The maximum absolute atomic E-state index is 13.4. The Hall–Kier alpha value is -2.21. The summed E-state index contributed by atoms with van der Waals surface area (Å²) in [5, 5.41) is 13.7. The zero-order valence-electron chi connectivity index (χ0n) is 9.64. The number of rotatable bonds is 4. The van der Waals surface area contributed by atoms with E-state index in [9.17, 15) is 14.5 Å². The Bertz CT molecular complexity index is 622. The summed E-state index contributed by atoms with van der Waals surface area (Å²) in [4.78, 5) is 14.1. The summed E-state index contributed by atoms with van der Waals surface area (Å²) in [5.41, 5.74) is 0.180. The maximum Gasteiger partial charge on any atom is 0.311 e. The molecule has 0 saturated heterocycles. The normalized spacial score (nSPS) is 10.2. The monoisotopic (exact) mass is 281 g/mol. The van der Waals surface area contributed by atoms with Gasteiger partial charge < -0.3 is 5.32 Å². The Morgan fingerprint density at radius 2 is 2.05 bits per heavy atom. The van der Waals surface area contributed by atoms with Crippen LogP contribution in [0.2, 0.25) is 5.15 Å². The summed E-state index contributed by atoms with van der Waals surface area (Å²) < 4.78 is 13.4. The standard InChI is InChI=1S/C12H9ClFN3O2/c13-11-6-5-10(17(18)19)12(16-11)15-7-8-3-1-2-4-9(8)14/h1-6H,7H2,(H,15,16). The lowest BCUT2D eigenvalue weighted by atomic mass is 10.2. The summed E-state index contributed by atoms with van der Waals surface area (Å²) in [6.07, 6.45) is 0. The molecule has 0 aliphatic heterocycles. The minimum Gasteiger partial charge on any atom is -0.360 e. The topological polar surface area (TPSA) is 68.1 Å². The van der Waals surface area contributed by atoms with E-state index < -0.39 is 4.92 Å². The first kappa shape index (κ1) is 13.2. The van der Waals surface area contributed by atoms with Gasteiger partial charge in [0.1, 0.15) is 11.0 Å². The van der Waals surface area contributed by atoms with Gasteiger partial charge in [-0.15, -0.1) is 0 Å². The third-order valence-corrected chi connectivity index (χ3v) is 2.65. The molecule has 0 amide bonds. The van der Waals surface area contributed by atoms with Crippen LogP contribution < -0.4 is 5.32 Å². The maximum atomic E-state index is 13.4. The van der Waals surface area contributed by atoms with Crippen molar-refractivity contribution in [3.05, 3.63) is 63.0 Å². The molecule has 2 aromatic rings. The zero-order valence-corrected chi connectivity index (χ0v) is 10.4. The van der Waals surface area contributed by atoms with Gasteiger partial charge in [0.05, 0.1) is 4.92 Å². The van der Waals surface area contributed by atoms with E-state index in [4.69, 9.17) is 11.6 Å². The fourth-order valence-electron chi connectivity index (χ4n) is 1.53. The first-order valence-corrected chi connectivity index (χ1v) is 5.74. The van der Waals surface area contributed by atoms with Crippen LogP contribution in [0.1, 0.15) is 5.56 Å². The molecular weight excluding hydrogens is 273 g/mol. The quantitative estimate of drug-likeness (QED) is 0.530. The SMILES string of the molecule is O=[N+]([O-])c1ccc(Cl)nc1NCc1ccccc1F. The fourth-order valence-corrected chi connectivity index (χ4v) is 1.67. The number of hydrogen-bond donors (Lipinski definition) is 1. The van der Waals surface area contributed by atoms with Crippen LogP contribution in [0.5, 0.6) is 0 Å². The molecule has 0 spiro atoms. The third kappa shape index (κ3) is 3.17. The van der Waals surface area contributed by atoms with Crippen molar-refractivity contribution in [3.8, 4) is 0 Å². The van der Waals surface area contributed by atoms with Crippen molar-refractivity contribution in [2.24, 2.45) is 0 Å². The number of nitrogens with zero attached hydrogens (tertiary/aromatic N) is 2. The van der Waals surface area contributed by atoms with Crippen LogP contribution >= 0.6 is 11.6 Å². The average molecular weight is 282 g/mol. The summed E-state index contributed by atoms with van der Waals surface area (Å²) in [6, 6.07) is 8.72. The van der Waals surface area contributed by atoms with Crippen LogP contribution in [0.25, 0.3) is 0 Å². The lowest BCUT2D eigenvalue weighted by Gasteiger charge is -2.07. The van der Waals surface area contributed by atoms with Crippen LogP contribution in [0.3, 0.4) is 0 Å². The van der Waals surface area contributed by atoms with Crippen molar-refractivity contribution < 1.29 is 9.31 Å². The van der Waals surface area contributed by atoms with E-state index in [0.29, 0.717) is 5.56 Å². The van der Waals surface area contributed by atoms with Crippen LogP contribution in [-0.2, 0) is 6.54 Å². The lowest BCUT2D eigenvalue weighted by Crippen LogP contribution is -2.06. The average Bonchev–Trinajstić information content (AvgIpc) is 2.37. The lowest BCUT2D eigenvalue weighted by molar-refractivity contribution is -0.384. The van der Waals surface area contributed by atoms with E-state index in [0.717, 1.165) is 0 Å². The molecule has 0 aliphatic rings. The highest BCUT2D eigenvalue weighted by Crippen LogP contribution is 2.24. The second-order valence-electron chi connectivity index (χ2n) is 3.70. The molecule has 5 nitrogen and oxygen atoms in total. The van der Waals surface area contributed by atoms with Crippen LogP contribution in [0.15, 0.2) is 36.4 Å². The van der Waals surface area contributed by atoms with Gasteiger partial charge in [-0.25, -0.2) is 9.37 Å². The molecule has 0 atom stereocenters. The molecule has 1 aromatic carbocycles. The fraction of sp³-hybridized carbons (Fsp3) is 0.0833. The van der Waals surface area contributed by atoms with Gasteiger partial charge in [0.2, 0.25) is 5.82 Å². The van der Waals surface area contributed by atoms with Crippen molar-refractivity contribution in [1.29, 1.82) is 0 Å². The number of nitrogens with one attached hydrogen (secondary N) is 1. The largest absolute Gasteiger partial charge is 0.360 e. The molecule has 1 heterocycles. The number of hydrogen-bond acceptors (Lipinski definition) is 4. The number of anilines is 1. The van der Waals surface area contributed by atoms with Crippen LogP contribution in [-0.4, -0.2) is 9.91 Å². The molecule has 0 fully saturated rings. The molecule has 1 aromatic heterocycles. The molecule has 0 aliphatic carbocycles. The molecule has 7 heteroatoms. The highest BCUT2D eigenvalue weighted by atomic mass is 35.5. The van der Waals surface area contributed by atoms with Crippen LogP contribution in [0.4, 0.5) is 15.9 Å². The minimum absolute atomic E-state index is 0.0146. The first-order chi connectivity index (χ1) is 9.08. The van der Waals surface area contributed by atoms with Gasteiger partial charge >= 0.3 is 5.69 Å². The number of nitro groups is 1. The van der Waals surface area contributed by atoms with Crippen molar-refractivity contribution in [1.82, 2.24) is 4.98 Å². The van der Waals surface area contributed by atoms with Crippen LogP contribution in [0, 0.1) is 15.9 Å². The Kier molecular flexibility index (Phi) is 3.91. The highest BCUT2D eigenvalue weighted by molar-refractivity contribution is 6.29. The summed E-state index contributed by atoms with van der Waals surface area (Å²) >= 11 is 5.69. The Morgan fingerprint density at radius 1 is 1.32 bits per heavy atom. The van der Waals surface area contributed by atoms with E-state index in [1.54, 1.807) is 18.2 Å². The number of halogens is 2. The van der Waals surface area contributed by atoms with Gasteiger partial charge in [-0.2, -0.15) is 0 Å². The Morgan fingerprint density at radius 3 is 2.74 bits per heavy atom. The number of pyridine rings is 1. The predicted molar refractivity (Wildman–Crippen MR) is 69.6 cm³/mol. The smallest absolute Gasteiger partial charge is 0.311 e. The molecule has 98 valence electrons. The van der Waals surface area contributed by atoms with Gasteiger partial charge in [-0.1, -0.05) is 29.8 Å². The van der Waals surface area contributed by atoms with E-state index in [1.165, 1.54) is 18.2 Å². The van der Waals surface area contributed by atoms with Crippen molar-refractivity contribution in [2.45, 2.75) is 6.54 Å². The van der Waals surface area contributed by atoms with Crippen molar-refractivity contribution in [2.75, 3.05) is 5.32 Å². The first-order valence-electron chi connectivity index (χ1n) is 5.36. The van der Waals surface area contributed by atoms with E-state index in [1.807, 2.05) is 0 Å². The number of benzene rings is 1. The minimum atomic E-state index is -0.576. The molecule has 0 unspecified atom stereocenters. The molecule has 0 saturated carbocycles. The van der Waals surface area contributed by atoms with Crippen molar-refractivity contribution >= 4 is 23.1 Å². The molecule has 0 bridgehead atoms. The molecule has 2 rings (SSSR count). The van der Waals surface area contributed by atoms with Gasteiger partial charge in [0.15, 0.2) is 0 Å². The third-order valence-electron chi connectivity index (χ3n) is 2.44. The molecule has 0 radical (unpaired) electrons.